The first-order chi connectivity index (χ1) is 7.33. The maximum atomic E-state index is 5.67. The third-order valence-corrected chi connectivity index (χ3v) is 3.28. The van der Waals surface area contributed by atoms with Gasteiger partial charge in [0.05, 0.1) is 0 Å². The summed E-state index contributed by atoms with van der Waals surface area (Å²) in [6, 6.07) is 10.5. The van der Waals surface area contributed by atoms with Crippen molar-refractivity contribution in [3.63, 3.8) is 0 Å². The molecule has 0 aliphatic heterocycles. The summed E-state index contributed by atoms with van der Waals surface area (Å²) in [5.74, 6) is 1.04. The number of hydrogen-bond donors (Lipinski definition) is 0. The zero-order valence-electron chi connectivity index (χ0n) is 9.61. The Bertz CT molecular complexity index is 248. The van der Waals surface area contributed by atoms with Crippen molar-refractivity contribution in [2.45, 2.75) is 37.9 Å². The molecule has 1 aromatic rings. The van der Waals surface area contributed by atoms with Crippen LogP contribution in [0.1, 0.15) is 32.3 Å². The summed E-state index contributed by atoms with van der Waals surface area (Å²) in [5, 5.41) is 0. The van der Waals surface area contributed by atoms with Crippen LogP contribution < -0.4 is 0 Å². The Morgan fingerprint density at radius 2 is 2.00 bits per heavy atom. The van der Waals surface area contributed by atoms with E-state index in [1.165, 1.54) is 12.0 Å². The van der Waals surface area contributed by atoms with Gasteiger partial charge in [-0.05, 0) is 18.9 Å². The number of thioether (sulfide) groups is 1. The summed E-state index contributed by atoms with van der Waals surface area (Å²) in [6.07, 6.45) is 2.37. The normalized spacial score (nSPS) is 12.7. The molecule has 0 saturated carbocycles. The van der Waals surface area contributed by atoms with Crippen molar-refractivity contribution in [3.8, 4) is 0 Å². The molecule has 1 atom stereocenters. The Morgan fingerprint density at radius 1 is 1.27 bits per heavy atom. The zero-order chi connectivity index (χ0) is 10.9. The molecule has 84 valence electrons. The molecule has 1 nitrogen and oxygen atoms in total. The molecule has 15 heavy (non-hydrogen) atoms. The highest BCUT2D eigenvalue weighted by Crippen LogP contribution is 2.18. The van der Waals surface area contributed by atoms with E-state index >= 15 is 0 Å². The summed E-state index contributed by atoms with van der Waals surface area (Å²) in [6.45, 7) is 5.20. The molecule has 1 rings (SSSR count). The van der Waals surface area contributed by atoms with Crippen LogP contribution in [0, 0.1) is 0 Å². The van der Waals surface area contributed by atoms with Gasteiger partial charge in [-0.15, -0.1) is 11.8 Å². The largest absolute Gasteiger partial charge is 0.368 e. The van der Waals surface area contributed by atoms with Crippen LogP contribution in [0.5, 0.6) is 0 Å². The van der Waals surface area contributed by atoms with Gasteiger partial charge in [-0.1, -0.05) is 43.7 Å². The Labute approximate surface area is 97.2 Å². The van der Waals surface area contributed by atoms with Crippen LogP contribution in [-0.2, 0) is 10.5 Å². The molecule has 2 heteroatoms. The van der Waals surface area contributed by atoms with Gasteiger partial charge in [-0.2, -0.15) is 0 Å². The van der Waals surface area contributed by atoms with E-state index in [1.54, 1.807) is 0 Å². The standard InChI is InChI=1S/C13H20OS/c1-3-4-10-14-12(2)15-11-13-8-6-5-7-9-13/h5-9,12H,3-4,10-11H2,1-2H3. The molecular weight excluding hydrogens is 204 g/mol. The molecular formula is C13H20OS. The minimum absolute atomic E-state index is 0.303. The van der Waals surface area contributed by atoms with Gasteiger partial charge in [0.1, 0.15) is 5.44 Å². The lowest BCUT2D eigenvalue weighted by molar-refractivity contribution is 0.121. The van der Waals surface area contributed by atoms with Gasteiger partial charge >= 0.3 is 0 Å². The Hall–Kier alpha value is -0.470. The maximum Gasteiger partial charge on any atom is 0.100 e. The van der Waals surface area contributed by atoms with E-state index in [1.807, 2.05) is 11.8 Å². The van der Waals surface area contributed by atoms with E-state index in [0.29, 0.717) is 5.44 Å². The molecule has 0 bridgehead atoms. The van der Waals surface area contributed by atoms with Gasteiger partial charge in [0.25, 0.3) is 0 Å². The summed E-state index contributed by atoms with van der Waals surface area (Å²) < 4.78 is 5.67. The predicted octanol–water partition coefficient (Wildman–Crippen LogP) is 4.08. The lowest BCUT2D eigenvalue weighted by Crippen LogP contribution is -2.04. The second-order valence-corrected chi connectivity index (χ2v) is 4.87. The van der Waals surface area contributed by atoms with Crippen molar-refractivity contribution >= 4 is 11.8 Å². The highest BCUT2D eigenvalue weighted by Gasteiger charge is 2.02. The zero-order valence-corrected chi connectivity index (χ0v) is 10.4. The number of ether oxygens (including phenoxy) is 1. The Balaban J connectivity index is 2.14. The molecule has 0 amide bonds. The van der Waals surface area contributed by atoms with E-state index in [-0.39, 0.29) is 0 Å². The van der Waals surface area contributed by atoms with E-state index in [0.717, 1.165) is 18.8 Å². The minimum atomic E-state index is 0.303. The Kier molecular flexibility index (Phi) is 6.53. The van der Waals surface area contributed by atoms with Crippen LogP contribution in [0.2, 0.25) is 0 Å². The molecule has 0 aliphatic carbocycles. The average molecular weight is 224 g/mol. The van der Waals surface area contributed by atoms with Gasteiger partial charge in [0.15, 0.2) is 0 Å². The number of benzene rings is 1. The summed E-state index contributed by atoms with van der Waals surface area (Å²) >= 11 is 1.86. The molecule has 0 spiro atoms. The third kappa shape index (κ3) is 5.85. The molecule has 0 aromatic heterocycles. The number of hydrogen-bond acceptors (Lipinski definition) is 2. The number of unbranched alkanes of at least 4 members (excludes halogenated alkanes) is 1. The fourth-order valence-electron chi connectivity index (χ4n) is 1.23. The molecule has 0 aliphatic rings. The van der Waals surface area contributed by atoms with Crippen LogP contribution in [0.3, 0.4) is 0 Å². The highest BCUT2D eigenvalue weighted by atomic mass is 32.2. The van der Waals surface area contributed by atoms with E-state index in [9.17, 15) is 0 Å². The topological polar surface area (TPSA) is 9.23 Å². The SMILES string of the molecule is CCCCOC(C)SCc1ccccc1. The van der Waals surface area contributed by atoms with E-state index < -0.39 is 0 Å². The van der Waals surface area contributed by atoms with Gasteiger partial charge < -0.3 is 4.74 Å². The predicted molar refractivity (Wildman–Crippen MR) is 68.1 cm³/mol. The van der Waals surface area contributed by atoms with Gasteiger partial charge in [-0.3, -0.25) is 0 Å². The Morgan fingerprint density at radius 3 is 2.67 bits per heavy atom. The molecule has 0 radical (unpaired) electrons. The van der Waals surface area contributed by atoms with Crippen LogP contribution in [-0.4, -0.2) is 12.0 Å². The number of rotatable bonds is 7. The third-order valence-electron chi connectivity index (χ3n) is 2.18. The summed E-state index contributed by atoms with van der Waals surface area (Å²) in [4.78, 5) is 0. The lowest BCUT2D eigenvalue weighted by atomic mass is 10.2. The van der Waals surface area contributed by atoms with Crippen LogP contribution in [0.4, 0.5) is 0 Å². The molecule has 0 N–H and O–H groups in total. The smallest absolute Gasteiger partial charge is 0.100 e. The van der Waals surface area contributed by atoms with E-state index in [2.05, 4.69) is 44.2 Å². The van der Waals surface area contributed by atoms with Gasteiger partial charge in [0.2, 0.25) is 0 Å². The van der Waals surface area contributed by atoms with Crippen molar-refractivity contribution in [1.29, 1.82) is 0 Å². The van der Waals surface area contributed by atoms with Crippen molar-refractivity contribution in [1.82, 2.24) is 0 Å². The van der Waals surface area contributed by atoms with Gasteiger partial charge in [-0.25, -0.2) is 0 Å². The minimum Gasteiger partial charge on any atom is -0.368 e. The van der Waals surface area contributed by atoms with Crippen molar-refractivity contribution in [2.24, 2.45) is 0 Å². The molecule has 1 unspecified atom stereocenters. The first-order valence-corrected chi connectivity index (χ1v) is 6.65. The van der Waals surface area contributed by atoms with Crippen molar-refractivity contribution in [2.75, 3.05) is 6.61 Å². The van der Waals surface area contributed by atoms with Crippen molar-refractivity contribution < 1.29 is 4.74 Å². The highest BCUT2D eigenvalue weighted by molar-refractivity contribution is 7.98. The fraction of sp³-hybridized carbons (Fsp3) is 0.538. The van der Waals surface area contributed by atoms with E-state index in [4.69, 9.17) is 4.74 Å². The molecule has 1 aromatic carbocycles. The first kappa shape index (κ1) is 12.6. The quantitative estimate of drug-likeness (QED) is 0.510. The molecule has 0 heterocycles. The summed E-state index contributed by atoms with van der Waals surface area (Å²) in [7, 11) is 0. The summed E-state index contributed by atoms with van der Waals surface area (Å²) in [5.41, 5.74) is 1.67. The second kappa shape index (κ2) is 7.77. The molecule has 0 fully saturated rings. The average Bonchev–Trinajstić information content (AvgIpc) is 2.28. The first-order valence-electron chi connectivity index (χ1n) is 5.60. The lowest BCUT2D eigenvalue weighted by Gasteiger charge is -2.12. The fourth-order valence-corrected chi connectivity index (χ4v) is 2.04. The van der Waals surface area contributed by atoms with Crippen LogP contribution >= 0.6 is 11.8 Å². The van der Waals surface area contributed by atoms with Gasteiger partial charge in [0, 0.05) is 12.4 Å². The molecule has 0 saturated heterocycles. The monoisotopic (exact) mass is 224 g/mol. The van der Waals surface area contributed by atoms with Crippen LogP contribution in [0.25, 0.3) is 0 Å². The van der Waals surface area contributed by atoms with Crippen molar-refractivity contribution in [3.05, 3.63) is 35.9 Å². The maximum absolute atomic E-state index is 5.67. The van der Waals surface area contributed by atoms with Crippen LogP contribution in [0.15, 0.2) is 30.3 Å². The second-order valence-electron chi connectivity index (χ2n) is 3.59.